The second-order valence-corrected chi connectivity index (χ2v) is 23.2. The minimum absolute atomic E-state index is 0.212. The summed E-state index contributed by atoms with van der Waals surface area (Å²) < 4.78 is 0. The van der Waals surface area contributed by atoms with Crippen LogP contribution in [0, 0.1) is 111 Å². The molecule has 0 bridgehead atoms. The zero-order valence-corrected chi connectivity index (χ0v) is 47.1. The third-order valence-corrected chi connectivity index (χ3v) is 20.4. The van der Waals surface area contributed by atoms with E-state index in [-0.39, 0.29) is 45.9 Å². The van der Waals surface area contributed by atoms with Gasteiger partial charge in [0.2, 0.25) is 0 Å². The molecule has 386 valence electrons. The molecule has 0 fully saturated rings. The smallest absolute Gasteiger partial charge is 0.277 e. The Morgan fingerprint density at radius 1 is 0.167 bits per heavy atom. The number of carbonyl (C=O) groups excluding carboxylic acids is 8. The predicted molar refractivity (Wildman–Crippen MR) is 305 cm³/mol. The fraction of sp³-hybridized carbons (Fsp3) is 0.273. The lowest BCUT2D eigenvalue weighted by atomic mass is 9.73. The third-order valence-electron chi connectivity index (χ3n) is 20.4. The number of amides is 8. The Morgan fingerprint density at radius 3 is 0.436 bits per heavy atom. The Balaban J connectivity index is 1.07. The van der Waals surface area contributed by atoms with Crippen LogP contribution in [0.2, 0.25) is 0 Å². The summed E-state index contributed by atoms with van der Waals surface area (Å²) in [4.78, 5) is 123. The van der Waals surface area contributed by atoms with Crippen molar-refractivity contribution < 1.29 is 38.4 Å². The van der Waals surface area contributed by atoms with E-state index in [0.29, 0.717) is 76.8 Å². The molecule has 14 rings (SSSR count). The number of hydrogen-bond acceptors (Lipinski definition) is 8. The molecule has 0 spiro atoms. The fourth-order valence-electron chi connectivity index (χ4n) is 15.5. The molecule has 0 atom stereocenters. The minimum Gasteiger partial charge on any atom is -0.277 e. The number of imide groups is 4. The average molecular weight is 1030 g/mol. The number of fused-ring (bicyclic) bond motifs is 4. The topological polar surface area (TPSA) is 150 Å². The van der Waals surface area contributed by atoms with Gasteiger partial charge in [-0.2, -0.15) is 10.0 Å². The van der Waals surface area contributed by atoms with Crippen LogP contribution in [-0.4, -0.2) is 81.2 Å². The Morgan fingerprint density at radius 2 is 0.295 bits per heavy atom. The standard InChI is InChI=1S/C66H54N4O8/c1-19-27(9)43-55-44(60(72)67(17)59(43)71)28(10)20(2)36-40-24(6)32(14)48-57-47(31(13)23(5)39(53(40)57)35(19)51(36)55)63(75)69(64(48)76)70-65(77)49-33(15)25(7)41-37-21(3)29(11)45-56-46(62(74)68(18)61(45)73)30(12)22(4)38(52(37)56)42-26(8)34(16)50(66(70)78)58(49)54(41)42/h1-18H3. The molecule has 4 aliphatic rings. The lowest BCUT2D eigenvalue weighted by molar-refractivity contribution is 0.00197. The summed E-state index contributed by atoms with van der Waals surface area (Å²) in [5.74, 6) is -4.67. The van der Waals surface area contributed by atoms with Crippen LogP contribution in [0.5, 0.6) is 0 Å². The van der Waals surface area contributed by atoms with Gasteiger partial charge in [-0.1, -0.05) is 0 Å². The van der Waals surface area contributed by atoms with Crippen LogP contribution >= 0.6 is 0 Å². The molecule has 10 aromatic rings. The van der Waals surface area contributed by atoms with Crippen LogP contribution in [0.25, 0.3) is 86.2 Å². The number of benzene rings is 10. The highest BCUT2D eigenvalue weighted by Crippen LogP contribution is 2.56. The molecule has 12 heteroatoms. The van der Waals surface area contributed by atoms with Gasteiger partial charge in [-0.25, -0.2) is 0 Å². The molecular weight excluding hydrogens is 977 g/mol. The zero-order chi connectivity index (χ0) is 56.0. The van der Waals surface area contributed by atoms with Gasteiger partial charge in [0.05, 0.1) is 44.5 Å². The molecular formula is C66H54N4O8. The van der Waals surface area contributed by atoms with E-state index in [1.54, 1.807) is 0 Å². The first-order valence-corrected chi connectivity index (χ1v) is 26.5. The summed E-state index contributed by atoms with van der Waals surface area (Å²) in [5, 5.41) is 13.3. The van der Waals surface area contributed by atoms with E-state index in [0.717, 1.165) is 131 Å². The summed E-state index contributed by atoms with van der Waals surface area (Å²) in [6, 6.07) is 0. The predicted octanol–water partition coefficient (Wildman–Crippen LogP) is 13.0. The first kappa shape index (κ1) is 47.8. The molecule has 8 amide bonds. The van der Waals surface area contributed by atoms with E-state index in [1.165, 1.54) is 23.9 Å². The van der Waals surface area contributed by atoms with Gasteiger partial charge in [0.25, 0.3) is 47.3 Å². The molecule has 0 saturated heterocycles. The second kappa shape index (κ2) is 14.3. The third kappa shape index (κ3) is 4.69. The number of rotatable bonds is 1. The quantitative estimate of drug-likeness (QED) is 0.0896. The van der Waals surface area contributed by atoms with Crippen LogP contribution in [-0.2, 0) is 0 Å². The number of hydrazine groups is 1. The number of carbonyl (C=O) groups is 8. The highest BCUT2D eigenvalue weighted by atomic mass is 16.2. The van der Waals surface area contributed by atoms with Gasteiger partial charge < -0.3 is 0 Å². The van der Waals surface area contributed by atoms with Crippen molar-refractivity contribution in [2.45, 2.75) is 111 Å². The average Bonchev–Trinajstić information content (AvgIpc) is 2.71. The van der Waals surface area contributed by atoms with Crippen LogP contribution in [0.15, 0.2) is 0 Å². The van der Waals surface area contributed by atoms with Crippen molar-refractivity contribution in [3.8, 4) is 0 Å². The Hall–Kier alpha value is -8.64. The molecule has 4 aliphatic heterocycles. The highest BCUT2D eigenvalue weighted by Gasteiger charge is 2.50. The molecule has 10 aromatic carbocycles. The summed E-state index contributed by atoms with van der Waals surface area (Å²) in [6.07, 6.45) is 0. The van der Waals surface area contributed by atoms with E-state index in [1.807, 2.05) is 111 Å². The number of aryl methyl sites for hydroxylation is 8. The maximum Gasteiger partial charge on any atom is 0.281 e. The zero-order valence-electron chi connectivity index (χ0n) is 47.1. The van der Waals surface area contributed by atoms with Gasteiger partial charge in [0.15, 0.2) is 0 Å². The van der Waals surface area contributed by atoms with E-state index in [2.05, 4.69) is 0 Å². The summed E-state index contributed by atoms with van der Waals surface area (Å²) in [7, 11) is 3.05. The normalized spacial score (nSPS) is 15.7. The molecule has 4 heterocycles. The molecule has 0 radical (unpaired) electrons. The molecule has 0 N–H and O–H groups in total. The number of hydrogen-bond donors (Lipinski definition) is 0. The molecule has 78 heavy (non-hydrogen) atoms. The molecule has 0 aliphatic carbocycles. The van der Waals surface area contributed by atoms with Gasteiger partial charge >= 0.3 is 0 Å². The Labute approximate surface area is 448 Å². The maximum absolute atomic E-state index is 16.0. The molecule has 12 nitrogen and oxygen atoms in total. The van der Waals surface area contributed by atoms with Gasteiger partial charge in [0, 0.05) is 35.6 Å². The highest BCUT2D eigenvalue weighted by molar-refractivity contribution is 6.47. The van der Waals surface area contributed by atoms with Crippen LogP contribution in [0.1, 0.15) is 172 Å². The Bertz CT molecular complexity index is 4390. The lowest BCUT2D eigenvalue weighted by Gasteiger charge is -2.40. The van der Waals surface area contributed by atoms with E-state index >= 15 is 19.2 Å². The van der Waals surface area contributed by atoms with Crippen LogP contribution < -0.4 is 0 Å². The lowest BCUT2D eigenvalue weighted by Crippen LogP contribution is -2.58. The second-order valence-electron chi connectivity index (χ2n) is 23.2. The largest absolute Gasteiger partial charge is 0.281 e. The van der Waals surface area contributed by atoms with Crippen molar-refractivity contribution in [2.75, 3.05) is 14.1 Å². The van der Waals surface area contributed by atoms with Crippen molar-refractivity contribution >= 4 is 133 Å². The molecule has 0 aromatic heterocycles. The monoisotopic (exact) mass is 1030 g/mol. The SMILES string of the molecule is Cc1c2c3c(c(C)c(C)c4c5c(C)c(C)c6c7c(c(C)c(C)c(c(c1C)c34)c75)C(=O)N(N1C(=O)c3c(C)c(C)c4c5c(C)c(C)c7c8c(c(C)c(C)c(c9c(C)c(C)c(c3c49)C1=O)c85)C(=O)N(C)C7=O)C6=O)C(=O)N(C)C2=O. The number of nitrogens with zero attached hydrogens (tertiary/aromatic N) is 4. The van der Waals surface area contributed by atoms with Gasteiger partial charge in [-0.05, 0) is 264 Å². The summed E-state index contributed by atoms with van der Waals surface area (Å²) >= 11 is 0. The summed E-state index contributed by atoms with van der Waals surface area (Å²) in [5.41, 5.74) is 14.4. The first-order chi connectivity index (χ1) is 36.7. The van der Waals surface area contributed by atoms with Crippen molar-refractivity contribution in [3.05, 3.63) is 134 Å². The maximum atomic E-state index is 16.0. The van der Waals surface area contributed by atoms with Crippen LogP contribution in [0.3, 0.4) is 0 Å². The Kier molecular flexibility index (Phi) is 8.75. The molecule has 0 saturated carbocycles. The van der Waals surface area contributed by atoms with Crippen molar-refractivity contribution in [1.82, 2.24) is 19.8 Å². The van der Waals surface area contributed by atoms with E-state index in [9.17, 15) is 19.2 Å². The van der Waals surface area contributed by atoms with Crippen LogP contribution in [0.4, 0.5) is 0 Å². The van der Waals surface area contributed by atoms with E-state index in [4.69, 9.17) is 0 Å². The minimum atomic E-state index is -0.801. The van der Waals surface area contributed by atoms with Gasteiger partial charge in [-0.15, -0.1) is 0 Å². The fourth-order valence-corrected chi connectivity index (χ4v) is 15.5. The first-order valence-electron chi connectivity index (χ1n) is 26.5. The van der Waals surface area contributed by atoms with Crippen molar-refractivity contribution in [3.63, 3.8) is 0 Å². The van der Waals surface area contributed by atoms with E-state index < -0.39 is 23.6 Å². The van der Waals surface area contributed by atoms with Gasteiger partial charge in [0.1, 0.15) is 0 Å². The van der Waals surface area contributed by atoms with Crippen molar-refractivity contribution in [2.24, 2.45) is 0 Å². The molecule has 0 unspecified atom stereocenters. The van der Waals surface area contributed by atoms with Gasteiger partial charge in [-0.3, -0.25) is 48.2 Å². The summed E-state index contributed by atoms with van der Waals surface area (Å²) in [6.45, 7) is 30.8. The van der Waals surface area contributed by atoms with Crippen molar-refractivity contribution in [1.29, 1.82) is 0 Å².